The van der Waals surface area contributed by atoms with Crippen molar-refractivity contribution in [2.75, 3.05) is 12.4 Å². The van der Waals surface area contributed by atoms with E-state index >= 15 is 0 Å². The number of nitrogens with zero attached hydrogens (tertiary/aromatic N) is 4. The third kappa shape index (κ3) is 2.57. The molecule has 2 aromatic rings. The lowest BCUT2D eigenvalue weighted by Gasteiger charge is -2.00. The van der Waals surface area contributed by atoms with Gasteiger partial charge in [0.1, 0.15) is 0 Å². The van der Waals surface area contributed by atoms with Gasteiger partial charge in [-0.15, -0.1) is 0 Å². The van der Waals surface area contributed by atoms with E-state index in [1.54, 1.807) is 19.4 Å². The highest BCUT2D eigenvalue weighted by molar-refractivity contribution is 7.99. The SMILES string of the molecule is CNc1nc(Cl)nc(Sc2ncc[nH]2)n1. The first-order valence-electron chi connectivity index (χ1n) is 4.04. The lowest BCUT2D eigenvalue weighted by molar-refractivity contribution is 0.901. The van der Waals surface area contributed by atoms with Gasteiger partial charge in [0.25, 0.3) is 0 Å². The van der Waals surface area contributed by atoms with Gasteiger partial charge in [-0.25, -0.2) is 4.98 Å². The van der Waals surface area contributed by atoms with Crippen molar-refractivity contribution < 1.29 is 0 Å². The van der Waals surface area contributed by atoms with Gasteiger partial charge in [-0.2, -0.15) is 15.0 Å². The second kappa shape index (κ2) is 4.45. The molecule has 0 atom stereocenters. The average Bonchev–Trinajstić information content (AvgIpc) is 2.69. The number of hydrogen-bond acceptors (Lipinski definition) is 6. The summed E-state index contributed by atoms with van der Waals surface area (Å²) < 4.78 is 0. The standard InChI is InChI=1S/C7H7ClN6S/c1-9-5-12-4(8)13-7(14-5)15-6-10-2-3-11-6/h2-3H,1H3,(H,10,11)(H,9,12,13,14). The molecule has 0 amide bonds. The van der Waals surface area contributed by atoms with Gasteiger partial charge in [-0.1, -0.05) is 0 Å². The fraction of sp³-hybridized carbons (Fsp3) is 0.143. The van der Waals surface area contributed by atoms with Crippen molar-refractivity contribution in [3.63, 3.8) is 0 Å². The van der Waals surface area contributed by atoms with Crippen molar-refractivity contribution in [2.45, 2.75) is 10.3 Å². The fourth-order valence-electron chi connectivity index (χ4n) is 0.882. The van der Waals surface area contributed by atoms with Crippen LogP contribution >= 0.6 is 23.4 Å². The summed E-state index contributed by atoms with van der Waals surface area (Å²) in [6.45, 7) is 0. The van der Waals surface area contributed by atoms with Crippen LogP contribution in [0.15, 0.2) is 22.7 Å². The van der Waals surface area contributed by atoms with E-state index in [4.69, 9.17) is 11.6 Å². The molecular weight excluding hydrogens is 236 g/mol. The molecule has 2 aromatic heterocycles. The minimum absolute atomic E-state index is 0.156. The Morgan fingerprint density at radius 3 is 2.93 bits per heavy atom. The summed E-state index contributed by atoms with van der Waals surface area (Å²) in [6.07, 6.45) is 3.38. The van der Waals surface area contributed by atoms with Crippen LogP contribution in [0.1, 0.15) is 0 Å². The Morgan fingerprint density at radius 1 is 1.40 bits per heavy atom. The smallest absolute Gasteiger partial charge is 0.228 e. The number of imidazole rings is 1. The van der Waals surface area contributed by atoms with Crippen LogP contribution in [0, 0.1) is 0 Å². The van der Waals surface area contributed by atoms with Crippen molar-refractivity contribution >= 4 is 29.3 Å². The lowest BCUT2D eigenvalue weighted by Crippen LogP contribution is -2.00. The number of halogens is 1. The predicted molar refractivity (Wildman–Crippen MR) is 57.1 cm³/mol. The molecule has 0 saturated heterocycles. The quantitative estimate of drug-likeness (QED) is 0.848. The monoisotopic (exact) mass is 242 g/mol. The summed E-state index contributed by atoms with van der Waals surface area (Å²) in [6, 6.07) is 0. The molecule has 2 N–H and O–H groups in total. The third-order valence-electron chi connectivity index (χ3n) is 1.47. The molecule has 78 valence electrons. The number of aromatic nitrogens is 5. The van der Waals surface area contributed by atoms with E-state index in [1.807, 2.05) is 0 Å². The highest BCUT2D eigenvalue weighted by atomic mass is 35.5. The first-order chi connectivity index (χ1) is 7.28. The van der Waals surface area contributed by atoms with E-state index in [1.165, 1.54) is 11.8 Å². The molecule has 2 heterocycles. The number of aromatic amines is 1. The topological polar surface area (TPSA) is 79.4 Å². The maximum Gasteiger partial charge on any atom is 0.228 e. The molecule has 0 aliphatic heterocycles. The molecular formula is C7H7ClN6S. The number of anilines is 1. The molecule has 0 aliphatic carbocycles. The molecule has 0 aliphatic rings. The molecule has 0 fully saturated rings. The van der Waals surface area contributed by atoms with Crippen LogP contribution in [0.2, 0.25) is 5.28 Å². The third-order valence-corrected chi connectivity index (χ3v) is 2.42. The summed E-state index contributed by atoms with van der Waals surface area (Å²) >= 11 is 7.01. The van der Waals surface area contributed by atoms with Crippen LogP contribution in [0.4, 0.5) is 5.95 Å². The van der Waals surface area contributed by atoms with Gasteiger partial charge >= 0.3 is 0 Å². The summed E-state index contributed by atoms with van der Waals surface area (Å²) in [7, 11) is 1.72. The molecule has 6 nitrogen and oxygen atoms in total. The van der Waals surface area contributed by atoms with Gasteiger partial charge < -0.3 is 10.3 Å². The molecule has 0 bridgehead atoms. The van der Waals surface area contributed by atoms with Crippen LogP contribution in [0.3, 0.4) is 0 Å². The Kier molecular flexibility index (Phi) is 3.02. The predicted octanol–water partition coefficient (Wildman–Crippen LogP) is 1.44. The largest absolute Gasteiger partial charge is 0.357 e. The van der Waals surface area contributed by atoms with Gasteiger partial charge in [0.15, 0.2) is 5.16 Å². The number of rotatable bonds is 3. The molecule has 0 spiro atoms. The van der Waals surface area contributed by atoms with Crippen molar-refractivity contribution in [1.82, 2.24) is 24.9 Å². The average molecular weight is 243 g/mol. The zero-order valence-corrected chi connectivity index (χ0v) is 9.30. The summed E-state index contributed by atoms with van der Waals surface area (Å²) in [5, 5.41) is 4.16. The number of H-pyrrole nitrogens is 1. The van der Waals surface area contributed by atoms with E-state index in [9.17, 15) is 0 Å². The molecule has 0 unspecified atom stereocenters. The molecule has 8 heteroatoms. The van der Waals surface area contributed by atoms with E-state index in [2.05, 4.69) is 30.2 Å². The Bertz CT molecular complexity index is 445. The summed E-state index contributed by atoms with van der Waals surface area (Å²) in [5.41, 5.74) is 0. The Morgan fingerprint density at radius 2 is 2.27 bits per heavy atom. The Labute approximate surface area is 94.9 Å². The van der Waals surface area contributed by atoms with Crippen molar-refractivity contribution in [1.29, 1.82) is 0 Å². The van der Waals surface area contributed by atoms with Gasteiger partial charge in [-0.3, -0.25) is 0 Å². The second-order valence-corrected chi connectivity index (χ2v) is 3.75. The van der Waals surface area contributed by atoms with Gasteiger partial charge in [0.05, 0.1) is 0 Å². The normalized spacial score (nSPS) is 10.3. The minimum atomic E-state index is 0.156. The van der Waals surface area contributed by atoms with Crippen LogP contribution in [-0.4, -0.2) is 32.0 Å². The van der Waals surface area contributed by atoms with Crippen molar-refractivity contribution in [2.24, 2.45) is 0 Å². The maximum atomic E-state index is 5.72. The number of hydrogen-bond donors (Lipinski definition) is 2. The van der Waals surface area contributed by atoms with Crippen molar-refractivity contribution in [3.8, 4) is 0 Å². The Hall–Kier alpha value is -1.34. The van der Waals surface area contributed by atoms with E-state index < -0.39 is 0 Å². The highest BCUT2D eigenvalue weighted by Gasteiger charge is 2.06. The molecule has 15 heavy (non-hydrogen) atoms. The maximum absolute atomic E-state index is 5.72. The lowest BCUT2D eigenvalue weighted by atomic mass is 10.9. The zero-order chi connectivity index (χ0) is 10.7. The Balaban J connectivity index is 2.24. The summed E-state index contributed by atoms with van der Waals surface area (Å²) in [4.78, 5) is 18.9. The van der Waals surface area contributed by atoms with Crippen LogP contribution in [-0.2, 0) is 0 Å². The molecule has 0 radical (unpaired) electrons. The second-order valence-electron chi connectivity index (χ2n) is 2.46. The van der Waals surface area contributed by atoms with Crippen LogP contribution in [0.5, 0.6) is 0 Å². The molecule has 0 saturated carbocycles. The van der Waals surface area contributed by atoms with Gasteiger partial charge in [0, 0.05) is 19.4 Å². The fourth-order valence-corrected chi connectivity index (χ4v) is 1.77. The zero-order valence-electron chi connectivity index (χ0n) is 7.73. The molecule has 0 aromatic carbocycles. The van der Waals surface area contributed by atoms with Crippen molar-refractivity contribution in [3.05, 3.63) is 17.7 Å². The first kappa shape index (κ1) is 10.2. The van der Waals surface area contributed by atoms with Gasteiger partial charge in [-0.05, 0) is 23.4 Å². The van der Waals surface area contributed by atoms with Crippen LogP contribution in [0.25, 0.3) is 0 Å². The first-order valence-corrected chi connectivity index (χ1v) is 5.24. The molecule has 2 rings (SSSR count). The summed E-state index contributed by atoms with van der Waals surface area (Å²) in [5.74, 6) is 0.434. The van der Waals surface area contributed by atoms with Crippen LogP contribution < -0.4 is 5.32 Å². The van der Waals surface area contributed by atoms with Gasteiger partial charge in [0.2, 0.25) is 16.4 Å². The van der Waals surface area contributed by atoms with E-state index in [-0.39, 0.29) is 5.28 Å². The van der Waals surface area contributed by atoms with E-state index in [0.29, 0.717) is 16.3 Å². The minimum Gasteiger partial charge on any atom is -0.357 e. The highest BCUT2D eigenvalue weighted by Crippen LogP contribution is 2.22. The van der Waals surface area contributed by atoms with E-state index in [0.717, 1.165) is 0 Å². The number of nitrogens with one attached hydrogen (secondary N) is 2.